The predicted octanol–water partition coefficient (Wildman–Crippen LogP) is 3.66. The van der Waals surface area contributed by atoms with Gasteiger partial charge in [-0.2, -0.15) is 0 Å². The molecule has 0 saturated carbocycles. The van der Waals surface area contributed by atoms with Gasteiger partial charge in [0.15, 0.2) is 5.96 Å². The van der Waals surface area contributed by atoms with Gasteiger partial charge in [0, 0.05) is 38.4 Å². The minimum Gasteiger partial charge on any atom is -0.357 e. The first-order chi connectivity index (χ1) is 11.8. The summed E-state index contributed by atoms with van der Waals surface area (Å²) in [6.07, 6.45) is 6.50. The van der Waals surface area contributed by atoms with Crippen LogP contribution < -0.4 is 15.5 Å². The van der Waals surface area contributed by atoms with Gasteiger partial charge >= 0.3 is 0 Å². The number of piperidine rings is 1. The maximum absolute atomic E-state index is 4.80. The van der Waals surface area contributed by atoms with Crippen molar-refractivity contribution in [1.82, 2.24) is 15.6 Å². The molecule has 0 atom stereocenters. The van der Waals surface area contributed by atoms with Gasteiger partial charge in [0.1, 0.15) is 5.82 Å². The van der Waals surface area contributed by atoms with Crippen molar-refractivity contribution in [2.45, 2.75) is 52.5 Å². The number of aromatic nitrogens is 1. The molecule has 0 radical (unpaired) electrons. The third-order valence-corrected chi connectivity index (χ3v) is 4.82. The molecule has 0 bridgehead atoms. The van der Waals surface area contributed by atoms with E-state index in [0.29, 0.717) is 12.0 Å². The molecule has 0 aromatic carbocycles. The van der Waals surface area contributed by atoms with Crippen LogP contribution in [0.2, 0.25) is 0 Å². The number of anilines is 1. The lowest BCUT2D eigenvalue weighted by Crippen LogP contribution is -2.49. The Hall–Kier alpha value is -1.05. The lowest BCUT2D eigenvalue weighted by atomic mass is 10.0. The maximum Gasteiger partial charge on any atom is 0.191 e. The number of guanidine groups is 1. The Balaban J connectivity index is 0.00000312. The Morgan fingerprint density at radius 3 is 2.52 bits per heavy atom. The fourth-order valence-electron chi connectivity index (χ4n) is 3.07. The van der Waals surface area contributed by atoms with Crippen molar-refractivity contribution in [3.05, 3.63) is 24.4 Å². The van der Waals surface area contributed by atoms with E-state index in [1.807, 2.05) is 12.3 Å². The first-order valence-corrected chi connectivity index (χ1v) is 9.47. The minimum absolute atomic E-state index is 0. The average Bonchev–Trinajstić information content (AvgIpc) is 2.64. The van der Waals surface area contributed by atoms with Gasteiger partial charge in [0.05, 0.1) is 0 Å². The second-order valence-electron chi connectivity index (χ2n) is 6.50. The average molecular weight is 459 g/mol. The molecule has 1 aliphatic heterocycles. The SMILES string of the molecule is CCNC(=NCC(CC)CC)NC1CCN(c2ccccn2)CC1.I. The van der Waals surface area contributed by atoms with E-state index >= 15 is 0 Å². The van der Waals surface area contributed by atoms with Crippen LogP contribution in [0.3, 0.4) is 0 Å². The monoisotopic (exact) mass is 459 g/mol. The molecule has 5 nitrogen and oxygen atoms in total. The van der Waals surface area contributed by atoms with Gasteiger partial charge in [-0.05, 0) is 37.8 Å². The van der Waals surface area contributed by atoms with Crippen LogP contribution in [0, 0.1) is 5.92 Å². The Bertz CT molecular complexity index is 482. The van der Waals surface area contributed by atoms with Crippen LogP contribution in [0.1, 0.15) is 46.5 Å². The number of halogens is 1. The highest BCUT2D eigenvalue weighted by atomic mass is 127. The lowest BCUT2D eigenvalue weighted by Gasteiger charge is -2.33. The van der Waals surface area contributed by atoms with Crippen molar-refractivity contribution in [2.24, 2.45) is 10.9 Å². The van der Waals surface area contributed by atoms with Crippen molar-refractivity contribution in [2.75, 3.05) is 31.1 Å². The Kier molecular flexibility index (Phi) is 10.8. The third kappa shape index (κ3) is 7.38. The van der Waals surface area contributed by atoms with Crippen LogP contribution in [0.25, 0.3) is 0 Å². The zero-order valence-corrected chi connectivity index (χ0v) is 18.2. The largest absolute Gasteiger partial charge is 0.357 e. The molecule has 0 spiro atoms. The normalized spacial score (nSPS) is 15.8. The molecule has 1 aromatic rings. The third-order valence-electron chi connectivity index (χ3n) is 4.82. The molecular weight excluding hydrogens is 425 g/mol. The van der Waals surface area contributed by atoms with Crippen molar-refractivity contribution in [3.8, 4) is 0 Å². The van der Waals surface area contributed by atoms with Gasteiger partial charge in [-0.3, -0.25) is 4.99 Å². The Labute approximate surface area is 170 Å². The van der Waals surface area contributed by atoms with E-state index in [1.165, 1.54) is 12.8 Å². The zero-order chi connectivity index (χ0) is 17.2. The topological polar surface area (TPSA) is 52.6 Å². The van der Waals surface area contributed by atoms with Crippen LogP contribution in [0.15, 0.2) is 29.4 Å². The highest BCUT2D eigenvalue weighted by molar-refractivity contribution is 14.0. The summed E-state index contributed by atoms with van der Waals surface area (Å²) >= 11 is 0. The number of rotatable bonds is 7. The second kappa shape index (κ2) is 12.3. The van der Waals surface area contributed by atoms with Crippen molar-refractivity contribution in [1.29, 1.82) is 0 Å². The van der Waals surface area contributed by atoms with Gasteiger partial charge in [-0.25, -0.2) is 4.98 Å². The molecule has 0 amide bonds. The number of nitrogens with one attached hydrogen (secondary N) is 2. The van der Waals surface area contributed by atoms with Crippen LogP contribution in [0.4, 0.5) is 5.82 Å². The summed E-state index contributed by atoms with van der Waals surface area (Å²) in [5, 5.41) is 7.01. The molecule has 0 unspecified atom stereocenters. The number of hydrogen-bond acceptors (Lipinski definition) is 3. The molecule has 0 aliphatic carbocycles. The van der Waals surface area contributed by atoms with E-state index in [9.17, 15) is 0 Å². The highest BCUT2D eigenvalue weighted by Crippen LogP contribution is 2.17. The van der Waals surface area contributed by atoms with Crippen LogP contribution >= 0.6 is 24.0 Å². The molecule has 1 fully saturated rings. The first kappa shape index (κ1) is 22.0. The van der Waals surface area contributed by atoms with E-state index in [1.54, 1.807) is 0 Å². The van der Waals surface area contributed by atoms with Crippen molar-refractivity contribution >= 4 is 35.8 Å². The van der Waals surface area contributed by atoms with E-state index in [2.05, 4.69) is 53.4 Å². The summed E-state index contributed by atoms with van der Waals surface area (Å²) in [6.45, 7) is 10.5. The van der Waals surface area contributed by atoms with Crippen molar-refractivity contribution < 1.29 is 0 Å². The molecule has 2 rings (SSSR count). The number of hydrogen-bond donors (Lipinski definition) is 2. The molecule has 1 aromatic heterocycles. The predicted molar refractivity (Wildman–Crippen MR) is 118 cm³/mol. The smallest absolute Gasteiger partial charge is 0.191 e. The molecule has 1 aliphatic rings. The summed E-state index contributed by atoms with van der Waals surface area (Å²) in [4.78, 5) is 11.6. The fraction of sp³-hybridized carbons (Fsp3) is 0.684. The van der Waals surface area contributed by atoms with Gasteiger partial charge in [0.2, 0.25) is 0 Å². The quantitative estimate of drug-likeness (QED) is 0.371. The highest BCUT2D eigenvalue weighted by Gasteiger charge is 2.20. The number of aliphatic imine (C=N–C) groups is 1. The Morgan fingerprint density at radius 2 is 1.96 bits per heavy atom. The van der Waals surface area contributed by atoms with Gasteiger partial charge in [-0.15, -0.1) is 24.0 Å². The van der Waals surface area contributed by atoms with Gasteiger partial charge in [-0.1, -0.05) is 32.8 Å². The number of nitrogens with zero attached hydrogens (tertiary/aromatic N) is 3. The summed E-state index contributed by atoms with van der Waals surface area (Å²) in [5.74, 6) is 2.75. The molecule has 1 saturated heterocycles. The summed E-state index contributed by atoms with van der Waals surface area (Å²) in [6, 6.07) is 6.61. The maximum atomic E-state index is 4.80. The van der Waals surface area contributed by atoms with E-state index in [-0.39, 0.29) is 24.0 Å². The number of pyridine rings is 1. The van der Waals surface area contributed by atoms with Crippen molar-refractivity contribution in [3.63, 3.8) is 0 Å². The molecule has 2 heterocycles. The molecule has 142 valence electrons. The van der Waals surface area contributed by atoms with E-state index in [0.717, 1.165) is 50.8 Å². The summed E-state index contributed by atoms with van der Waals surface area (Å²) in [5.41, 5.74) is 0. The van der Waals surface area contributed by atoms with Gasteiger partial charge < -0.3 is 15.5 Å². The molecular formula is C19H34IN5. The van der Waals surface area contributed by atoms with Crippen LogP contribution in [-0.4, -0.2) is 43.2 Å². The van der Waals surface area contributed by atoms with E-state index < -0.39 is 0 Å². The second-order valence-corrected chi connectivity index (χ2v) is 6.50. The Morgan fingerprint density at radius 1 is 1.24 bits per heavy atom. The van der Waals surface area contributed by atoms with E-state index in [4.69, 9.17) is 4.99 Å². The summed E-state index contributed by atoms with van der Waals surface area (Å²) in [7, 11) is 0. The van der Waals surface area contributed by atoms with Crippen LogP contribution in [-0.2, 0) is 0 Å². The molecule has 6 heteroatoms. The zero-order valence-electron chi connectivity index (χ0n) is 15.9. The van der Waals surface area contributed by atoms with Gasteiger partial charge in [0.25, 0.3) is 0 Å². The fourth-order valence-corrected chi connectivity index (χ4v) is 3.07. The minimum atomic E-state index is 0. The lowest BCUT2D eigenvalue weighted by molar-refractivity contribution is 0.456. The summed E-state index contributed by atoms with van der Waals surface area (Å²) < 4.78 is 0. The standard InChI is InChI=1S/C19H33N5.HI/c1-4-16(5-2)15-22-19(20-6-3)23-17-10-13-24(14-11-17)18-9-7-8-12-21-18;/h7-9,12,16-17H,4-6,10-11,13-15H2,1-3H3,(H2,20,22,23);1H. The first-order valence-electron chi connectivity index (χ1n) is 9.47. The van der Waals surface area contributed by atoms with Crippen LogP contribution in [0.5, 0.6) is 0 Å². The molecule has 2 N–H and O–H groups in total. The molecule has 25 heavy (non-hydrogen) atoms.